The van der Waals surface area contributed by atoms with Crippen LogP contribution in [0.15, 0.2) is 0 Å². The van der Waals surface area contributed by atoms with Crippen molar-refractivity contribution in [3.8, 4) is 0 Å². The van der Waals surface area contributed by atoms with E-state index in [0.717, 1.165) is 0 Å². The topological polar surface area (TPSA) is 92.4 Å². The normalized spacial score (nSPS) is 13.4. The van der Waals surface area contributed by atoms with Crippen LogP contribution in [0.5, 0.6) is 0 Å². The van der Waals surface area contributed by atoms with Gasteiger partial charge in [0, 0.05) is 18.0 Å². The predicted octanol–water partition coefficient (Wildman–Crippen LogP) is -0.0493. The summed E-state index contributed by atoms with van der Waals surface area (Å²) in [5, 5.41) is 11.2. The second-order valence-electron chi connectivity index (χ2n) is 4.08. The van der Waals surface area contributed by atoms with Crippen molar-refractivity contribution in [3.63, 3.8) is 0 Å². The van der Waals surface area contributed by atoms with Gasteiger partial charge < -0.3 is 16.2 Å². The summed E-state index contributed by atoms with van der Waals surface area (Å²) in [6.07, 6.45) is -0.101. The van der Waals surface area contributed by atoms with Gasteiger partial charge >= 0.3 is 5.97 Å². The van der Waals surface area contributed by atoms with Gasteiger partial charge in [0.25, 0.3) is 0 Å². The number of nitrogens with one attached hydrogen (secondary N) is 1. The average molecular weight is 202 g/mol. The smallest absolute Gasteiger partial charge is 0.305 e. The van der Waals surface area contributed by atoms with E-state index in [9.17, 15) is 9.59 Å². The molecule has 0 aliphatic carbocycles. The van der Waals surface area contributed by atoms with Gasteiger partial charge in [0.05, 0.1) is 6.42 Å². The molecule has 14 heavy (non-hydrogen) atoms. The summed E-state index contributed by atoms with van der Waals surface area (Å²) in [6.45, 7) is 5.30. The first kappa shape index (κ1) is 12.9. The number of carbonyl (C=O) groups excluding carboxylic acids is 1. The third-order valence-corrected chi connectivity index (χ3v) is 1.86. The Kier molecular flexibility index (Phi) is 4.56. The van der Waals surface area contributed by atoms with Gasteiger partial charge in [0.2, 0.25) is 5.91 Å². The Bertz CT molecular complexity index is 226. The van der Waals surface area contributed by atoms with Crippen molar-refractivity contribution in [2.75, 3.05) is 6.54 Å². The fraction of sp³-hybridized carbons (Fsp3) is 0.778. The third kappa shape index (κ3) is 4.81. The SMILES string of the molecule is CC(CN)C(=O)NC(C)(C)CC(=O)O. The molecule has 0 radical (unpaired) electrons. The summed E-state index contributed by atoms with van der Waals surface area (Å²) in [5.41, 5.74) is 4.59. The third-order valence-electron chi connectivity index (χ3n) is 1.86. The largest absolute Gasteiger partial charge is 0.481 e. The quantitative estimate of drug-likeness (QED) is 0.582. The Morgan fingerprint density at radius 1 is 1.50 bits per heavy atom. The van der Waals surface area contributed by atoms with E-state index in [4.69, 9.17) is 10.8 Å². The van der Waals surface area contributed by atoms with E-state index in [-0.39, 0.29) is 24.8 Å². The highest BCUT2D eigenvalue weighted by atomic mass is 16.4. The molecular weight excluding hydrogens is 184 g/mol. The Morgan fingerprint density at radius 2 is 2.00 bits per heavy atom. The molecule has 5 nitrogen and oxygen atoms in total. The van der Waals surface area contributed by atoms with Crippen molar-refractivity contribution >= 4 is 11.9 Å². The monoisotopic (exact) mass is 202 g/mol. The summed E-state index contributed by atoms with van der Waals surface area (Å²) in [4.78, 5) is 21.8. The van der Waals surface area contributed by atoms with E-state index in [1.165, 1.54) is 0 Å². The van der Waals surface area contributed by atoms with Crippen molar-refractivity contribution in [2.45, 2.75) is 32.7 Å². The molecule has 0 fully saturated rings. The summed E-state index contributed by atoms with van der Waals surface area (Å²) in [5.74, 6) is -1.43. The van der Waals surface area contributed by atoms with Crippen LogP contribution in [0.1, 0.15) is 27.2 Å². The summed E-state index contributed by atoms with van der Waals surface area (Å²) < 4.78 is 0. The minimum Gasteiger partial charge on any atom is -0.481 e. The second kappa shape index (κ2) is 4.95. The number of rotatable bonds is 5. The first-order valence-electron chi connectivity index (χ1n) is 4.52. The number of hydrogen-bond acceptors (Lipinski definition) is 3. The Balaban J connectivity index is 4.21. The molecule has 1 unspecified atom stereocenters. The molecule has 0 aromatic rings. The number of amides is 1. The van der Waals surface area contributed by atoms with Crippen LogP contribution in [0.2, 0.25) is 0 Å². The van der Waals surface area contributed by atoms with Crippen molar-refractivity contribution < 1.29 is 14.7 Å². The second-order valence-corrected chi connectivity index (χ2v) is 4.08. The summed E-state index contributed by atoms with van der Waals surface area (Å²) >= 11 is 0. The molecule has 5 heteroatoms. The number of carboxylic acids is 1. The Hall–Kier alpha value is -1.10. The van der Waals surface area contributed by atoms with Crippen molar-refractivity contribution in [1.29, 1.82) is 0 Å². The molecule has 0 bridgehead atoms. The van der Waals surface area contributed by atoms with Crippen LogP contribution in [0.25, 0.3) is 0 Å². The predicted molar refractivity (Wildman–Crippen MR) is 52.7 cm³/mol. The van der Waals surface area contributed by atoms with E-state index < -0.39 is 11.5 Å². The van der Waals surface area contributed by atoms with Gasteiger partial charge in [-0.1, -0.05) is 6.92 Å². The van der Waals surface area contributed by atoms with Crippen LogP contribution in [-0.4, -0.2) is 29.1 Å². The van der Waals surface area contributed by atoms with Crippen molar-refractivity contribution in [1.82, 2.24) is 5.32 Å². The first-order chi connectivity index (χ1) is 6.28. The zero-order valence-electron chi connectivity index (χ0n) is 8.83. The number of carboxylic acid groups (broad SMARTS) is 1. The molecule has 4 N–H and O–H groups in total. The zero-order chi connectivity index (χ0) is 11.4. The molecule has 0 aliphatic heterocycles. The molecule has 0 spiro atoms. The van der Waals surface area contributed by atoms with Crippen LogP contribution < -0.4 is 11.1 Å². The van der Waals surface area contributed by atoms with Crippen molar-refractivity contribution in [2.24, 2.45) is 11.7 Å². The fourth-order valence-corrected chi connectivity index (χ4v) is 0.986. The lowest BCUT2D eigenvalue weighted by Gasteiger charge is -2.25. The standard InChI is InChI=1S/C9H18N2O3/c1-6(5-10)8(14)11-9(2,3)4-7(12)13/h6H,4-5,10H2,1-3H3,(H,11,14)(H,12,13). The van der Waals surface area contributed by atoms with Crippen LogP contribution in [-0.2, 0) is 9.59 Å². The molecular formula is C9H18N2O3. The number of nitrogens with two attached hydrogens (primary N) is 1. The van der Waals surface area contributed by atoms with Gasteiger partial charge in [0.15, 0.2) is 0 Å². The lowest BCUT2D eigenvalue weighted by Crippen LogP contribution is -2.48. The minimum absolute atomic E-state index is 0.101. The van der Waals surface area contributed by atoms with E-state index in [1.807, 2.05) is 0 Å². The van der Waals surface area contributed by atoms with Gasteiger partial charge in [-0.25, -0.2) is 0 Å². The minimum atomic E-state index is -0.935. The highest BCUT2D eigenvalue weighted by molar-refractivity contribution is 5.80. The molecule has 0 heterocycles. The van der Waals surface area contributed by atoms with Crippen LogP contribution in [0.3, 0.4) is 0 Å². The van der Waals surface area contributed by atoms with Crippen molar-refractivity contribution in [3.05, 3.63) is 0 Å². The lowest BCUT2D eigenvalue weighted by atomic mass is 9.99. The first-order valence-corrected chi connectivity index (χ1v) is 4.52. The number of carbonyl (C=O) groups is 2. The fourth-order valence-electron chi connectivity index (χ4n) is 0.986. The molecule has 0 aromatic heterocycles. The molecule has 82 valence electrons. The lowest BCUT2D eigenvalue weighted by molar-refractivity contribution is -0.138. The van der Waals surface area contributed by atoms with Gasteiger partial charge in [-0.15, -0.1) is 0 Å². The van der Waals surface area contributed by atoms with E-state index in [0.29, 0.717) is 0 Å². The Labute approximate surface area is 83.7 Å². The van der Waals surface area contributed by atoms with Gasteiger partial charge in [-0.05, 0) is 13.8 Å². The van der Waals surface area contributed by atoms with Crippen LogP contribution >= 0.6 is 0 Å². The van der Waals surface area contributed by atoms with Gasteiger partial charge in [-0.2, -0.15) is 0 Å². The van der Waals surface area contributed by atoms with E-state index >= 15 is 0 Å². The molecule has 1 atom stereocenters. The zero-order valence-corrected chi connectivity index (χ0v) is 8.83. The number of aliphatic carboxylic acids is 1. The van der Waals surface area contributed by atoms with Gasteiger partial charge in [0.1, 0.15) is 0 Å². The Morgan fingerprint density at radius 3 is 2.36 bits per heavy atom. The molecule has 0 saturated heterocycles. The maximum Gasteiger partial charge on any atom is 0.305 e. The van der Waals surface area contributed by atoms with E-state index in [2.05, 4.69) is 5.32 Å². The molecule has 0 saturated carbocycles. The van der Waals surface area contributed by atoms with E-state index in [1.54, 1.807) is 20.8 Å². The molecule has 1 amide bonds. The maximum absolute atomic E-state index is 11.4. The average Bonchev–Trinajstić information content (AvgIpc) is 1.99. The molecule has 0 aromatic carbocycles. The molecule has 0 rings (SSSR count). The summed E-state index contributed by atoms with van der Waals surface area (Å²) in [6, 6.07) is 0. The summed E-state index contributed by atoms with van der Waals surface area (Å²) in [7, 11) is 0. The van der Waals surface area contributed by atoms with Crippen LogP contribution in [0.4, 0.5) is 0 Å². The van der Waals surface area contributed by atoms with Gasteiger partial charge in [-0.3, -0.25) is 9.59 Å². The highest BCUT2D eigenvalue weighted by Crippen LogP contribution is 2.09. The molecule has 0 aliphatic rings. The van der Waals surface area contributed by atoms with Crippen LogP contribution in [0, 0.1) is 5.92 Å². The highest BCUT2D eigenvalue weighted by Gasteiger charge is 2.25. The number of hydrogen-bond donors (Lipinski definition) is 3. The maximum atomic E-state index is 11.4.